The summed E-state index contributed by atoms with van der Waals surface area (Å²) in [6.45, 7) is 9.07. The van der Waals surface area contributed by atoms with Gasteiger partial charge in [-0.2, -0.15) is 0 Å². The van der Waals surface area contributed by atoms with E-state index in [-0.39, 0.29) is 24.0 Å². The molecule has 14 heteroatoms. The number of nitrogens with zero attached hydrogens (tertiary/aromatic N) is 2. The predicted octanol–water partition coefficient (Wildman–Crippen LogP) is 8.29. The van der Waals surface area contributed by atoms with E-state index in [1.165, 1.54) is 47.8 Å². The molecule has 0 spiro atoms. The number of hydrogen-bond donors (Lipinski definition) is 4. The maximum Gasteiger partial charge on any atom is 0.327 e. The highest BCUT2D eigenvalue weighted by atomic mass is 33.1. The Bertz CT molecular complexity index is 1840. The lowest BCUT2D eigenvalue weighted by Crippen LogP contribution is -2.53. The Morgan fingerprint density at radius 2 is 1.47 bits per heavy atom. The van der Waals surface area contributed by atoms with E-state index in [9.17, 15) is 24.3 Å². The first-order valence-corrected chi connectivity index (χ1v) is 21.7. The van der Waals surface area contributed by atoms with Gasteiger partial charge in [0.25, 0.3) is 5.91 Å². The van der Waals surface area contributed by atoms with Crippen molar-refractivity contribution >= 4 is 56.7 Å². The zero-order valence-electron chi connectivity index (χ0n) is 31.7. The first-order chi connectivity index (χ1) is 26.3. The Kier molecular flexibility index (Phi) is 17.0. The van der Waals surface area contributed by atoms with Crippen molar-refractivity contribution in [2.24, 2.45) is 0 Å². The summed E-state index contributed by atoms with van der Waals surface area (Å²) >= 11 is 1.34. The molecule has 294 valence electrons. The van der Waals surface area contributed by atoms with Crippen molar-refractivity contribution in [2.45, 2.75) is 90.1 Å². The van der Waals surface area contributed by atoms with E-state index in [0.29, 0.717) is 23.1 Å². The van der Waals surface area contributed by atoms with E-state index in [0.717, 1.165) is 50.1 Å². The monoisotopic (exact) mass is 806 g/mol. The first kappa shape index (κ1) is 43.3. The van der Waals surface area contributed by atoms with Crippen LogP contribution in [0, 0.1) is 0 Å². The largest absolute Gasteiger partial charge is 0.494 e. The highest BCUT2D eigenvalue weighted by molar-refractivity contribution is 8.76. The number of amides is 2. The van der Waals surface area contributed by atoms with Crippen molar-refractivity contribution in [2.75, 3.05) is 18.1 Å². The van der Waals surface area contributed by atoms with E-state index in [1.54, 1.807) is 18.5 Å². The fourth-order valence-corrected chi connectivity index (χ4v) is 8.45. The van der Waals surface area contributed by atoms with Gasteiger partial charge in [-0.25, -0.2) is 14.8 Å². The van der Waals surface area contributed by atoms with Crippen molar-refractivity contribution in [3.8, 4) is 28.3 Å². The molecule has 11 nitrogen and oxygen atoms in total. The third-order valence-corrected chi connectivity index (χ3v) is 12.5. The van der Waals surface area contributed by atoms with E-state index >= 15 is 0 Å². The lowest BCUT2D eigenvalue weighted by molar-refractivity contribution is -0.141. The lowest BCUT2D eigenvalue weighted by atomic mass is 9.95. The van der Waals surface area contributed by atoms with Crippen molar-refractivity contribution < 1.29 is 34.1 Å². The number of carboxylic acids is 2. The quantitative estimate of drug-likeness (QED) is 0.0446. The van der Waals surface area contributed by atoms with Gasteiger partial charge in [0, 0.05) is 46.3 Å². The number of aliphatic carboxylic acids is 2. The zero-order chi connectivity index (χ0) is 39.8. The van der Waals surface area contributed by atoms with Crippen molar-refractivity contribution in [1.82, 2.24) is 20.6 Å². The molecule has 2 aromatic heterocycles. The maximum absolute atomic E-state index is 13.6. The van der Waals surface area contributed by atoms with Gasteiger partial charge in [-0.15, -0.1) is 11.3 Å². The SMILES string of the molecule is CCCCCCCOc1ccc(-c2cnc(-c3ccc(CC(NC(=O)c4ccc(C(C)(C)C)s4)C(=O)NC(CSSCCC(=O)O)C(=O)O)cc3)nc2)cc1. The van der Waals surface area contributed by atoms with Crippen LogP contribution >= 0.6 is 32.9 Å². The molecule has 2 heterocycles. The van der Waals surface area contributed by atoms with Gasteiger partial charge in [-0.3, -0.25) is 14.4 Å². The van der Waals surface area contributed by atoms with Crippen LogP contribution < -0.4 is 15.4 Å². The molecule has 0 aliphatic rings. The minimum atomic E-state index is -1.25. The Labute approximate surface area is 334 Å². The fourth-order valence-electron chi connectivity index (χ4n) is 5.34. The van der Waals surface area contributed by atoms with Crippen molar-refractivity contribution in [3.63, 3.8) is 0 Å². The zero-order valence-corrected chi connectivity index (χ0v) is 34.2. The van der Waals surface area contributed by atoms with Crippen LogP contribution in [0.4, 0.5) is 0 Å². The number of thiophene rings is 1. The molecule has 0 aliphatic carbocycles. The number of rotatable bonds is 22. The molecule has 4 rings (SSSR count). The fraction of sp³-hybridized carbons (Fsp3) is 0.415. The Morgan fingerprint density at radius 3 is 2.09 bits per heavy atom. The Morgan fingerprint density at radius 1 is 0.800 bits per heavy atom. The molecule has 0 bridgehead atoms. The van der Waals surface area contributed by atoms with Crippen LogP contribution in [0.1, 0.15) is 86.3 Å². The van der Waals surface area contributed by atoms with Crippen molar-refractivity contribution in [1.29, 1.82) is 0 Å². The third-order valence-electron chi connectivity index (χ3n) is 8.53. The summed E-state index contributed by atoms with van der Waals surface area (Å²) in [4.78, 5) is 60.5. The molecule has 2 aromatic carbocycles. The van der Waals surface area contributed by atoms with Crippen molar-refractivity contribution in [3.05, 3.63) is 88.4 Å². The second kappa shape index (κ2) is 21.6. The second-order valence-electron chi connectivity index (χ2n) is 14.1. The van der Waals surface area contributed by atoms with Gasteiger partial charge < -0.3 is 25.6 Å². The minimum absolute atomic E-state index is 0.0123. The maximum atomic E-state index is 13.6. The molecule has 2 atom stereocenters. The summed E-state index contributed by atoms with van der Waals surface area (Å²) in [7, 11) is 2.38. The summed E-state index contributed by atoms with van der Waals surface area (Å²) in [5.41, 5.74) is 3.18. The van der Waals surface area contributed by atoms with Gasteiger partial charge in [0.15, 0.2) is 5.82 Å². The van der Waals surface area contributed by atoms with Gasteiger partial charge in [-0.05, 0) is 47.2 Å². The van der Waals surface area contributed by atoms with E-state index in [4.69, 9.17) is 9.84 Å². The van der Waals surface area contributed by atoms with Crippen LogP contribution in [0.5, 0.6) is 5.75 Å². The smallest absolute Gasteiger partial charge is 0.327 e. The first-order valence-electron chi connectivity index (χ1n) is 18.4. The molecular weight excluding hydrogens is 757 g/mol. The highest BCUT2D eigenvalue weighted by Crippen LogP contribution is 2.30. The summed E-state index contributed by atoms with van der Waals surface area (Å²) in [6, 6.07) is 16.5. The molecular formula is C41H50N4O7S3. The van der Waals surface area contributed by atoms with Crippen LogP contribution in [0.25, 0.3) is 22.5 Å². The summed E-state index contributed by atoms with van der Waals surface area (Å²) in [5.74, 6) is -1.59. The Hall–Kier alpha value is -4.40. The average molecular weight is 807 g/mol. The number of nitrogens with one attached hydrogen (secondary N) is 2. The molecule has 55 heavy (non-hydrogen) atoms. The number of aromatic nitrogens is 2. The van der Waals surface area contributed by atoms with E-state index in [2.05, 4.69) is 48.3 Å². The van der Waals surface area contributed by atoms with Crippen LogP contribution in [-0.2, 0) is 26.2 Å². The van der Waals surface area contributed by atoms with Crippen LogP contribution in [0.2, 0.25) is 0 Å². The molecule has 0 saturated heterocycles. The molecule has 0 radical (unpaired) electrons. The third kappa shape index (κ3) is 14.3. The molecule has 0 saturated carbocycles. The van der Waals surface area contributed by atoms with E-state index < -0.39 is 35.8 Å². The molecule has 0 aliphatic heterocycles. The number of hydrogen-bond acceptors (Lipinski definition) is 10. The lowest BCUT2D eigenvalue weighted by Gasteiger charge is -2.21. The summed E-state index contributed by atoms with van der Waals surface area (Å²) in [5, 5.41) is 24.1. The number of carbonyl (C=O) groups is 4. The molecule has 2 unspecified atom stereocenters. The number of carboxylic acid groups (broad SMARTS) is 2. The molecule has 4 aromatic rings. The molecule has 4 N–H and O–H groups in total. The summed E-state index contributed by atoms with van der Waals surface area (Å²) in [6.07, 6.45) is 9.53. The van der Waals surface area contributed by atoms with E-state index in [1.807, 2.05) is 54.6 Å². The number of ether oxygens (including phenoxy) is 1. The number of benzene rings is 2. The second-order valence-corrected chi connectivity index (χ2v) is 17.8. The highest BCUT2D eigenvalue weighted by Gasteiger charge is 2.28. The minimum Gasteiger partial charge on any atom is -0.494 e. The molecule has 2 amide bonds. The van der Waals surface area contributed by atoms with Crippen LogP contribution in [-0.4, -0.2) is 74.1 Å². The van der Waals surface area contributed by atoms with Crippen LogP contribution in [0.3, 0.4) is 0 Å². The number of carbonyl (C=O) groups excluding carboxylic acids is 2. The average Bonchev–Trinajstić information content (AvgIpc) is 3.68. The molecule has 0 fully saturated rings. The number of unbranched alkanes of at least 4 members (excludes halogenated alkanes) is 4. The predicted molar refractivity (Wildman–Crippen MR) is 222 cm³/mol. The van der Waals surface area contributed by atoms with Gasteiger partial charge in [0.05, 0.1) is 17.9 Å². The van der Waals surface area contributed by atoms with Gasteiger partial charge in [-0.1, -0.05) is 111 Å². The van der Waals surface area contributed by atoms with Gasteiger partial charge in [0.2, 0.25) is 5.91 Å². The standard InChI is InChI=1S/C41H50N4O7S3/c1-5-6-7-8-9-21-52-31-16-14-28(15-17-31)30-24-42-37(43-25-30)29-12-10-27(11-13-29)23-32(44-39(49)34-18-19-35(55-34)41(2,3)4)38(48)45-33(40(50)51)26-54-53-22-20-36(46)47/h10-19,24-25,32-33H,5-9,20-23,26H2,1-4H3,(H,44,49)(H,45,48)(H,46,47)(H,50,51). The Balaban J connectivity index is 1.42. The van der Waals surface area contributed by atoms with Gasteiger partial charge in [0.1, 0.15) is 17.8 Å². The van der Waals surface area contributed by atoms with Crippen LogP contribution in [0.15, 0.2) is 73.1 Å². The summed E-state index contributed by atoms with van der Waals surface area (Å²) < 4.78 is 5.89. The normalized spacial score (nSPS) is 12.4. The van der Waals surface area contributed by atoms with Gasteiger partial charge >= 0.3 is 11.9 Å². The topological polar surface area (TPSA) is 168 Å².